The number of rotatable bonds is 13. The van der Waals surface area contributed by atoms with Gasteiger partial charge in [0, 0.05) is 0 Å². The van der Waals surface area contributed by atoms with Gasteiger partial charge >= 0.3 is 18.0 Å². The molecule has 2 aromatic carbocycles. The molecule has 1 saturated heterocycles. The summed E-state index contributed by atoms with van der Waals surface area (Å²) in [4.78, 5) is 61.1. The van der Waals surface area contributed by atoms with Gasteiger partial charge in [0.2, 0.25) is 11.8 Å². The molecule has 0 aromatic heterocycles. The molecule has 0 aliphatic carbocycles. The molecule has 1 heterocycles. The summed E-state index contributed by atoms with van der Waals surface area (Å²) < 4.78 is 15.9. The van der Waals surface area contributed by atoms with Crippen LogP contribution in [0.3, 0.4) is 0 Å². The van der Waals surface area contributed by atoms with Gasteiger partial charge in [-0.05, 0) is 23.3 Å². The fourth-order valence-electron chi connectivity index (χ4n) is 3.27. The van der Waals surface area contributed by atoms with Crippen LogP contribution in [0.15, 0.2) is 54.6 Å². The lowest BCUT2D eigenvalue weighted by atomic mass is 10.1. The number of aliphatic carboxylic acids is 1. The Morgan fingerprint density at radius 1 is 0.861 bits per heavy atom. The molecule has 1 fully saturated rings. The van der Waals surface area contributed by atoms with Crippen LogP contribution in [-0.2, 0) is 41.8 Å². The molecule has 1 aliphatic rings. The number of carboxylic acid groups (broad SMARTS) is 1. The number of carbonyl (C=O) groups is 5. The fraction of sp³-hybridized carbons (Fsp3) is 0.320. The van der Waals surface area contributed by atoms with Gasteiger partial charge in [-0.2, -0.15) is 0 Å². The highest BCUT2D eigenvalue weighted by molar-refractivity contribution is 6.13. The van der Waals surface area contributed by atoms with Crippen molar-refractivity contribution in [3.63, 3.8) is 0 Å². The van der Waals surface area contributed by atoms with Crippen molar-refractivity contribution in [3.05, 3.63) is 65.7 Å². The molecule has 190 valence electrons. The monoisotopic (exact) mass is 498 g/mol. The molecule has 36 heavy (non-hydrogen) atoms. The van der Waals surface area contributed by atoms with Crippen LogP contribution in [0.4, 0.5) is 4.79 Å². The highest BCUT2D eigenvalue weighted by Gasteiger charge is 2.38. The van der Waals surface area contributed by atoms with Gasteiger partial charge in [-0.15, -0.1) is 0 Å². The lowest BCUT2D eigenvalue weighted by Gasteiger charge is -2.32. The van der Waals surface area contributed by atoms with Gasteiger partial charge in [0.25, 0.3) is 0 Å². The number of imide groups is 2. The minimum atomic E-state index is -1.11. The number of carboxylic acids is 1. The number of barbiturate groups is 1. The van der Waals surface area contributed by atoms with Crippen LogP contribution >= 0.6 is 0 Å². The zero-order valence-corrected chi connectivity index (χ0v) is 19.5. The van der Waals surface area contributed by atoms with Crippen LogP contribution in [-0.4, -0.2) is 64.6 Å². The molecule has 0 saturated carbocycles. The minimum Gasteiger partial charge on any atom is -0.489 e. The number of benzene rings is 2. The summed E-state index contributed by atoms with van der Waals surface area (Å²) in [5.74, 6) is -2.56. The molecule has 0 bridgehead atoms. The number of carbonyl (C=O) groups excluding carboxylic acids is 4. The third kappa shape index (κ3) is 7.91. The predicted molar refractivity (Wildman–Crippen MR) is 123 cm³/mol. The Morgan fingerprint density at radius 3 is 2.33 bits per heavy atom. The number of urea groups is 1. The molecular formula is C25H26N2O9. The van der Waals surface area contributed by atoms with Crippen LogP contribution < -0.4 is 4.74 Å². The Labute approximate surface area is 207 Å². The summed E-state index contributed by atoms with van der Waals surface area (Å²) in [5, 5.41) is 8.54. The second-order valence-electron chi connectivity index (χ2n) is 7.83. The maximum atomic E-state index is 12.8. The number of hydrogen-bond acceptors (Lipinski definition) is 8. The molecule has 0 spiro atoms. The second-order valence-corrected chi connectivity index (χ2v) is 7.83. The van der Waals surface area contributed by atoms with Crippen molar-refractivity contribution in [1.82, 2.24) is 9.80 Å². The Kier molecular flexibility index (Phi) is 9.52. The van der Waals surface area contributed by atoms with Crippen molar-refractivity contribution in [3.8, 4) is 5.75 Å². The summed E-state index contributed by atoms with van der Waals surface area (Å²) in [6.45, 7) is -0.405. The van der Waals surface area contributed by atoms with Gasteiger partial charge in [0.15, 0.2) is 0 Å². The average molecular weight is 498 g/mol. The molecule has 4 amide bonds. The highest BCUT2D eigenvalue weighted by Crippen LogP contribution is 2.20. The third-order valence-corrected chi connectivity index (χ3v) is 5.11. The number of amides is 4. The molecule has 1 aliphatic heterocycles. The van der Waals surface area contributed by atoms with Crippen molar-refractivity contribution in [1.29, 1.82) is 0 Å². The molecular weight excluding hydrogens is 472 g/mol. The smallest absolute Gasteiger partial charge is 0.335 e. The Hall–Kier alpha value is -4.25. The van der Waals surface area contributed by atoms with Gasteiger partial charge < -0.3 is 19.3 Å². The zero-order valence-electron chi connectivity index (χ0n) is 19.5. The van der Waals surface area contributed by atoms with Crippen molar-refractivity contribution in [2.75, 3.05) is 19.9 Å². The zero-order chi connectivity index (χ0) is 25.9. The average Bonchev–Trinajstić information content (AvgIpc) is 2.86. The van der Waals surface area contributed by atoms with E-state index in [1.807, 2.05) is 30.3 Å². The third-order valence-electron chi connectivity index (χ3n) is 5.11. The van der Waals surface area contributed by atoms with Gasteiger partial charge in [-0.3, -0.25) is 24.1 Å². The fourth-order valence-corrected chi connectivity index (χ4v) is 3.27. The first-order valence-electron chi connectivity index (χ1n) is 11.2. The van der Waals surface area contributed by atoms with Crippen molar-refractivity contribution < 1.29 is 43.3 Å². The Bertz CT molecular complexity index is 1100. The second kappa shape index (κ2) is 13.0. The van der Waals surface area contributed by atoms with Crippen molar-refractivity contribution in [2.24, 2.45) is 0 Å². The van der Waals surface area contributed by atoms with E-state index in [1.165, 1.54) is 0 Å². The van der Waals surface area contributed by atoms with E-state index in [9.17, 15) is 24.0 Å². The number of ether oxygens (including phenoxy) is 3. The maximum Gasteiger partial charge on any atom is 0.335 e. The van der Waals surface area contributed by atoms with E-state index < -0.39 is 42.9 Å². The molecule has 3 rings (SSSR count). The molecule has 0 unspecified atom stereocenters. The lowest BCUT2D eigenvalue weighted by Crippen LogP contribution is -2.55. The van der Waals surface area contributed by atoms with E-state index in [-0.39, 0.29) is 32.6 Å². The topological polar surface area (TPSA) is 140 Å². The largest absolute Gasteiger partial charge is 0.489 e. The summed E-state index contributed by atoms with van der Waals surface area (Å²) in [5.41, 5.74) is 1.64. The molecule has 0 radical (unpaired) electrons. The van der Waals surface area contributed by atoms with E-state index in [2.05, 4.69) is 0 Å². The quantitative estimate of drug-likeness (QED) is 0.250. The lowest BCUT2D eigenvalue weighted by molar-refractivity contribution is -0.151. The number of hydrogen-bond donors (Lipinski definition) is 1. The maximum absolute atomic E-state index is 12.8. The van der Waals surface area contributed by atoms with E-state index in [0.29, 0.717) is 17.9 Å². The van der Waals surface area contributed by atoms with Crippen LogP contribution in [0.2, 0.25) is 0 Å². The number of esters is 1. The highest BCUT2D eigenvalue weighted by atomic mass is 16.6. The Balaban J connectivity index is 1.50. The summed E-state index contributed by atoms with van der Waals surface area (Å²) >= 11 is 0. The van der Waals surface area contributed by atoms with Gasteiger partial charge in [-0.1, -0.05) is 42.5 Å². The summed E-state index contributed by atoms with van der Waals surface area (Å²) in [6.07, 6.45) is -1.10. The van der Waals surface area contributed by atoms with Crippen LogP contribution in [0.5, 0.6) is 5.75 Å². The first-order chi connectivity index (χ1) is 17.3. The van der Waals surface area contributed by atoms with E-state index in [1.54, 1.807) is 24.3 Å². The van der Waals surface area contributed by atoms with Crippen LogP contribution in [0, 0.1) is 0 Å². The van der Waals surface area contributed by atoms with Gasteiger partial charge in [0.05, 0.1) is 26.0 Å². The Morgan fingerprint density at radius 2 is 1.58 bits per heavy atom. The van der Waals surface area contributed by atoms with E-state index >= 15 is 0 Å². The molecule has 2 aromatic rings. The summed E-state index contributed by atoms with van der Waals surface area (Å²) in [6, 6.07) is 15.8. The SMILES string of the molecule is O=C(O)CCC(=O)OCCOCN1C(=O)CC(=O)N(Cc2cccc(OCc3ccccc3)c2)C1=O. The van der Waals surface area contributed by atoms with E-state index in [0.717, 1.165) is 15.4 Å². The van der Waals surface area contributed by atoms with Crippen molar-refractivity contribution >= 4 is 29.8 Å². The summed E-state index contributed by atoms with van der Waals surface area (Å²) in [7, 11) is 0. The first-order valence-corrected chi connectivity index (χ1v) is 11.2. The standard InChI is InChI=1S/C25H26N2O9/c28-21-14-22(29)27(17-34-11-12-35-24(32)10-9-23(30)31)25(33)26(21)15-19-7-4-8-20(13-19)36-16-18-5-2-1-3-6-18/h1-8,13H,9-12,14-17H2,(H,30,31). The van der Waals surface area contributed by atoms with Crippen molar-refractivity contribution in [2.45, 2.75) is 32.4 Å². The van der Waals surface area contributed by atoms with Gasteiger partial charge in [-0.25, -0.2) is 9.69 Å². The predicted octanol–water partition coefficient (Wildman–Crippen LogP) is 2.33. The van der Waals surface area contributed by atoms with Crippen LogP contribution in [0.25, 0.3) is 0 Å². The molecule has 11 nitrogen and oxygen atoms in total. The normalized spacial score (nSPS) is 13.6. The molecule has 11 heteroatoms. The molecule has 0 atom stereocenters. The van der Waals surface area contributed by atoms with Gasteiger partial charge in [0.1, 0.15) is 32.1 Å². The van der Waals surface area contributed by atoms with E-state index in [4.69, 9.17) is 19.3 Å². The van der Waals surface area contributed by atoms with Crippen LogP contribution in [0.1, 0.15) is 30.4 Å². The number of nitrogens with zero attached hydrogens (tertiary/aromatic N) is 2. The first kappa shape index (κ1) is 26.4. The molecule has 1 N–H and O–H groups in total. The minimum absolute atomic E-state index is 0.0504.